The maximum absolute atomic E-state index is 11.4. The van der Waals surface area contributed by atoms with E-state index < -0.39 is 37.0 Å². The molecule has 1 saturated carbocycles. The van der Waals surface area contributed by atoms with Gasteiger partial charge in [0.2, 0.25) is 0 Å². The fourth-order valence-corrected chi connectivity index (χ4v) is 4.71. The van der Waals surface area contributed by atoms with Crippen LogP contribution in [0.15, 0.2) is 36.4 Å². The van der Waals surface area contributed by atoms with Crippen LogP contribution in [0.2, 0.25) is 0 Å². The number of rotatable bonds is 15. The lowest BCUT2D eigenvalue weighted by Crippen LogP contribution is -2.50. The molecule has 4 N–H and O–H groups in total. The molecule has 0 aliphatic heterocycles. The standard InChI is InChI=1S/C26H32N4O9/c31-23(32)15-30(16-24(33)34)21-9-1-2-10-22(21)39-12-11-29(13-17-5-3-7-19(27-17)25(35)36)14-18-6-4-8-20(28-18)26(37)38/h3-8,21-22H,1-2,9-16H2,(H,31,32)(H,33,34)(H,35,36)(H,37,38). The summed E-state index contributed by atoms with van der Waals surface area (Å²) in [5.74, 6) is -4.53. The first-order valence-electron chi connectivity index (χ1n) is 12.5. The van der Waals surface area contributed by atoms with Gasteiger partial charge in [0.25, 0.3) is 0 Å². The van der Waals surface area contributed by atoms with E-state index in [2.05, 4.69) is 9.97 Å². The van der Waals surface area contributed by atoms with Crippen LogP contribution < -0.4 is 0 Å². The van der Waals surface area contributed by atoms with Crippen molar-refractivity contribution in [2.75, 3.05) is 26.2 Å². The van der Waals surface area contributed by atoms with Gasteiger partial charge >= 0.3 is 23.9 Å². The lowest BCUT2D eigenvalue weighted by molar-refractivity contribution is -0.145. The van der Waals surface area contributed by atoms with E-state index in [1.807, 2.05) is 4.90 Å². The zero-order chi connectivity index (χ0) is 28.4. The van der Waals surface area contributed by atoms with Crippen molar-refractivity contribution in [1.29, 1.82) is 0 Å². The average Bonchev–Trinajstić information content (AvgIpc) is 2.88. The third-order valence-electron chi connectivity index (χ3n) is 6.38. The van der Waals surface area contributed by atoms with Gasteiger partial charge in [-0.05, 0) is 37.1 Å². The Morgan fingerprint density at radius 3 is 1.79 bits per heavy atom. The third-order valence-corrected chi connectivity index (χ3v) is 6.38. The van der Waals surface area contributed by atoms with E-state index in [-0.39, 0.29) is 43.2 Å². The number of ether oxygens (including phenoxy) is 1. The molecule has 2 aromatic heterocycles. The normalized spacial score (nSPS) is 17.3. The molecule has 1 fully saturated rings. The second kappa shape index (κ2) is 14.3. The molecule has 0 aromatic carbocycles. The minimum atomic E-state index is -1.15. The van der Waals surface area contributed by atoms with Gasteiger partial charge in [0.1, 0.15) is 11.4 Å². The SMILES string of the molecule is O=C(O)CN(CC(=O)O)C1CCCCC1OCCN(Cc1cccc(C(=O)O)n1)Cc1cccc(C(=O)O)n1. The predicted octanol–water partition coefficient (Wildman–Crippen LogP) is 1.67. The number of aromatic nitrogens is 2. The molecule has 13 nitrogen and oxygen atoms in total. The van der Waals surface area contributed by atoms with Gasteiger partial charge in [0.15, 0.2) is 0 Å². The van der Waals surface area contributed by atoms with Crippen molar-refractivity contribution >= 4 is 23.9 Å². The van der Waals surface area contributed by atoms with E-state index in [4.69, 9.17) is 4.74 Å². The Morgan fingerprint density at radius 1 is 0.795 bits per heavy atom. The highest BCUT2D eigenvalue weighted by atomic mass is 16.5. The van der Waals surface area contributed by atoms with Gasteiger partial charge in [-0.3, -0.25) is 19.4 Å². The number of nitrogens with zero attached hydrogens (tertiary/aromatic N) is 4. The molecule has 2 atom stereocenters. The number of aliphatic carboxylic acids is 2. The summed E-state index contributed by atoms with van der Waals surface area (Å²) in [5.41, 5.74) is 0.788. The minimum absolute atomic E-state index is 0.100. The van der Waals surface area contributed by atoms with Crippen molar-refractivity contribution in [2.24, 2.45) is 0 Å². The lowest BCUT2D eigenvalue weighted by atomic mass is 9.91. The average molecular weight is 545 g/mol. The summed E-state index contributed by atoms with van der Waals surface area (Å²) in [4.78, 5) is 57.1. The zero-order valence-electron chi connectivity index (χ0n) is 21.3. The van der Waals surface area contributed by atoms with Crippen LogP contribution in [-0.2, 0) is 27.4 Å². The highest BCUT2D eigenvalue weighted by Gasteiger charge is 2.33. The third kappa shape index (κ3) is 9.39. The number of carbonyl (C=O) groups is 4. The summed E-state index contributed by atoms with van der Waals surface area (Å²) in [6, 6.07) is 8.98. The van der Waals surface area contributed by atoms with Crippen molar-refractivity contribution in [3.63, 3.8) is 0 Å². The van der Waals surface area contributed by atoms with Crippen LogP contribution in [0.3, 0.4) is 0 Å². The smallest absolute Gasteiger partial charge is 0.354 e. The summed E-state index contributed by atoms with van der Waals surface area (Å²) in [6.07, 6.45) is 2.62. The monoisotopic (exact) mass is 544 g/mol. The van der Waals surface area contributed by atoms with E-state index in [1.54, 1.807) is 24.3 Å². The fourth-order valence-electron chi connectivity index (χ4n) is 4.71. The van der Waals surface area contributed by atoms with Crippen molar-refractivity contribution < 1.29 is 44.3 Å². The van der Waals surface area contributed by atoms with E-state index in [9.17, 15) is 39.6 Å². The zero-order valence-corrected chi connectivity index (χ0v) is 21.3. The Morgan fingerprint density at radius 2 is 1.31 bits per heavy atom. The van der Waals surface area contributed by atoms with E-state index in [0.717, 1.165) is 12.8 Å². The van der Waals surface area contributed by atoms with Crippen LogP contribution in [0.25, 0.3) is 0 Å². The fraction of sp³-hybridized carbons (Fsp3) is 0.462. The first-order valence-corrected chi connectivity index (χ1v) is 12.5. The molecule has 2 aromatic rings. The molecule has 39 heavy (non-hydrogen) atoms. The van der Waals surface area contributed by atoms with Gasteiger partial charge < -0.3 is 25.2 Å². The van der Waals surface area contributed by atoms with Gasteiger partial charge in [-0.2, -0.15) is 0 Å². The molecule has 1 aliphatic rings. The molecule has 2 heterocycles. The molecule has 0 saturated heterocycles. The second-order valence-corrected chi connectivity index (χ2v) is 9.30. The second-order valence-electron chi connectivity index (χ2n) is 9.30. The van der Waals surface area contributed by atoms with Crippen molar-refractivity contribution in [3.8, 4) is 0 Å². The van der Waals surface area contributed by atoms with Crippen LogP contribution in [0.4, 0.5) is 0 Å². The number of carboxylic acids is 4. The quantitative estimate of drug-likeness (QED) is 0.253. The Balaban J connectivity index is 1.73. The topological polar surface area (TPSA) is 191 Å². The Hall–Kier alpha value is -3.94. The molecular weight excluding hydrogens is 512 g/mol. The summed E-state index contributed by atoms with van der Waals surface area (Å²) < 4.78 is 6.17. The van der Waals surface area contributed by atoms with Gasteiger partial charge in [-0.1, -0.05) is 25.0 Å². The summed E-state index contributed by atoms with van der Waals surface area (Å²) in [5, 5.41) is 37.1. The maximum Gasteiger partial charge on any atom is 0.354 e. The molecule has 3 rings (SSSR count). The number of carboxylic acid groups (broad SMARTS) is 4. The number of pyridine rings is 2. The molecular formula is C26H32N4O9. The predicted molar refractivity (Wildman–Crippen MR) is 135 cm³/mol. The largest absolute Gasteiger partial charge is 0.480 e. The Labute approximate surface area is 224 Å². The first-order chi connectivity index (χ1) is 18.6. The maximum atomic E-state index is 11.4. The van der Waals surface area contributed by atoms with Crippen LogP contribution in [0, 0.1) is 0 Å². The van der Waals surface area contributed by atoms with Crippen LogP contribution >= 0.6 is 0 Å². The van der Waals surface area contributed by atoms with Crippen molar-refractivity contribution in [1.82, 2.24) is 19.8 Å². The van der Waals surface area contributed by atoms with Crippen molar-refractivity contribution in [2.45, 2.75) is 50.9 Å². The highest BCUT2D eigenvalue weighted by Crippen LogP contribution is 2.26. The van der Waals surface area contributed by atoms with E-state index >= 15 is 0 Å². The summed E-state index contributed by atoms with van der Waals surface area (Å²) in [6.45, 7) is 0.231. The Bertz CT molecular complexity index is 1100. The Kier molecular flexibility index (Phi) is 10.8. The highest BCUT2D eigenvalue weighted by molar-refractivity contribution is 5.85. The molecule has 13 heteroatoms. The van der Waals surface area contributed by atoms with Crippen LogP contribution in [0.1, 0.15) is 58.0 Å². The van der Waals surface area contributed by atoms with Gasteiger partial charge in [-0.25, -0.2) is 19.6 Å². The van der Waals surface area contributed by atoms with Crippen LogP contribution in [0.5, 0.6) is 0 Å². The first kappa shape index (κ1) is 29.6. The molecule has 210 valence electrons. The summed E-state index contributed by atoms with van der Waals surface area (Å²) in [7, 11) is 0. The molecule has 2 unspecified atom stereocenters. The molecule has 1 aliphatic carbocycles. The minimum Gasteiger partial charge on any atom is -0.480 e. The molecule has 0 amide bonds. The number of hydrogen-bond acceptors (Lipinski definition) is 9. The van der Waals surface area contributed by atoms with Crippen LogP contribution in [-0.4, -0.2) is 102 Å². The molecule has 0 spiro atoms. The lowest BCUT2D eigenvalue weighted by Gasteiger charge is -2.38. The van der Waals surface area contributed by atoms with Gasteiger partial charge in [-0.15, -0.1) is 0 Å². The van der Waals surface area contributed by atoms with E-state index in [1.165, 1.54) is 17.0 Å². The van der Waals surface area contributed by atoms with Gasteiger partial charge in [0.05, 0.1) is 37.2 Å². The van der Waals surface area contributed by atoms with Crippen molar-refractivity contribution in [3.05, 3.63) is 59.2 Å². The van der Waals surface area contributed by atoms with Gasteiger partial charge in [0, 0.05) is 25.7 Å². The summed E-state index contributed by atoms with van der Waals surface area (Å²) >= 11 is 0. The molecule has 0 bridgehead atoms. The molecule has 0 radical (unpaired) electrons. The van der Waals surface area contributed by atoms with E-state index in [0.29, 0.717) is 30.8 Å². The number of hydrogen-bond donors (Lipinski definition) is 4. The number of aromatic carboxylic acids is 2.